The van der Waals surface area contributed by atoms with Crippen LogP contribution in [0.4, 0.5) is 0 Å². The third-order valence-corrected chi connectivity index (χ3v) is 1.79. The van der Waals surface area contributed by atoms with Crippen molar-refractivity contribution >= 4 is 0 Å². The molecule has 1 saturated heterocycles. The van der Waals surface area contributed by atoms with Gasteiger partial charge >= 0.3 is 0 Å². The summed E-state index contributed by atoms with van der Waals surface area (Å²) in [6.45, 7) is 1.28. The number of aliphatic hydroxyl groups is 2. The van der Waals surface area contributed by atoms with Crippen LogP contribution in [0.3, 0.4) is 0 Å². The van der Waals surface area contributed by atoms with E-state index in [1.807, 2.05) is 0 Å². The first kappa shape index (κ1) is 6.99. The highest BCUT2D eigenvalue weighted by molar-refractivity contribution is 4.79. The van der Waals surface area contributed by atoms with Crippen molar-refractivity contribution in [2.24, 2.45) is 5.92 Å². The Morgan fingerprint density at radius 1 is 1.33 bits per heavy atom. The predicted molar refractivity (Wildman–Crippen MR) is 34.1 cm³/mol. The highest BCUT2D eigenvalue weighted by Gasteiger charge is 2.21. The summed E-state index contributed by atoms with van der Waals surface area (Å²) < 4.78 is 0. The lowest BCUT2D eigenvalue weighted by Crippen LogP contribution is -2.24. The SMILES string of the molecule is OC[C@H]1CN[C@H](CO)C1. The maximum atomic E-state index is 8.66. The van der Waals surface area contributed by atoms with Gasteiger partial charge in [0.25, 0.3) is 0 Å². The Bertz CT molecular complexity index is 77.1. The molecule has 1 aliphatic rings. The maximum absolute atomic E-state index is 8.66. The highest BCUT2D eigenvalue weighted by atomic mass is 16.3. The fraction of sp³-hybridized carbons (Fsp3) is 1.00. The molecule has 0 aliphatic carbocycles. The van der Waals surface area contributed by atoms with E-state index in [0.717, 1.165) is 13.0 Å². The number of hydrogen-bond donors (Lipinski definition) is 3. The average molecular weight is 131 g/mol. The lowest BCUT2D eigenvalue weighted by molar-refractivity contribution is 0.223. The largest absolute Gasteiger partial charge is 0.396 e. The maximum Gasteiger partial charge on any atom is 0.0584 e. The molecule has 1 rings (SSSR count). The zero-order valence-corrected chi connectivity index (χ0v) is 5.38. The number of rotatable bonds is 2. The summed E-state index contributed by atoms with van der Waals surface area (Å²) in [6, 6.07) is 0.224. The molecule has 1 aliphatic heterocycles. The van der Waals surface area contributed by atoms with Crippen LogP contribution >= 0.6 is 0 Å². The molecule has 0 amide bonds. The van der Waals surface area contributed by atoms with Crippen LogP contribution in [-0.4, -0.2) is 36.0 Å². The fourth-order valence-electron chi connectivity index (χ4n) is 1.18. The Hall–Kier alpha value is -0.120. The van der Waals surface area contributed by atoms with E-state index in [9.17, 15) is 0 Å². The van der Waals surface area contributed by atoms with Gasteiger partial charge in [0.1, 0.15) is 0 Å². The first-order valence-corrected chi connectivity index (χ1v) is 3.32. The minimum Gasteiger partial charge on any atom is -0.396 e. The summed E-state index contributed by atoms with van der Waals surface area (Å²) in [4.78, 5) is 0. The van der Waals surface area contributed by atoms with E-state index in [0.29, 0.717) is 5.92 Å². The molecule has 0 radical (unpaired) electrons. The van der Waals surface area contributed by atoms with Gasteiger partial charge in [0.05, 0.1) is 6.61 Å². The molecule has 2 atom stereocenters. The van der Waals surface area contributed by atoms with Crippen LogP contribution in [0.1, 0.15) is 6.42 Å². The van der Waals surface area contributed by atoms with Gasteiger partial charge in [-0.2, -0.15) is 0 Å². The van der Waals surface area contributed by atoms with E-state index in [4.69, 9.17) is 10.2 Å². The summed E-state index contributed by atoms with van der Waals surface area (Å²) >= 11 is 0. The van der Waals surface area contributed by atoms with E-state index < -0.39 is 0 Å². The molecular formula is C6H13NO2. The molecule has 0 aromatic rings. The van der Waals surface area contributed by atoms with E-state index in [-0.39, 0.29) is 19.3 Å². The van der Waals surface area contributed by atoms with Gasteiger partial charge in [-0.15, -0.1) is 0 Å². The molecule has 54 valence electrons. The highest BCUT2D eigenvalue weighted by Crippen LogP contribution is 2.11. The third kappa shape index (κ3) is 1.64. The van der Waals surface area contributed by atoms with E-state index in [2.05, 4.69) is 5.32 Å². The fourth-order valence-corrected chi connectivity index (χ4v) is 1.18. The van der Waals surface area contributed by atoms with Crippen LogP contribution in [0.15, 0.2) is 0 Å². The predicted octanol–water partition coefficient (Wildman–Crippen LogP) is -1.05. The molecule has 1 fully saturated rings. The lowest BCUT2D eigenvalue weighted by Gasteiger charge is -2.03. The Morgan fingerprint density at radius 3 is 2.44 bits per heavy atom. The van der Waals surface area contributed by atoms with Gasteiger partial charge in [-0.05, 0) is 12.3 Å². The molecule has 0 aromatic heterocycles. The Kier molecular flexibility index (Phi) is 2.45. The second-order valence-electron chi connectivity index (χ2n) is 2.57. The van der Waals surface area contributed by atoms with Gasteiger partial charge in [0.2, 0.25) is 0 Å². The van der Waals surface area contributed by atoms with Crippen LogP contribution in [0.25, 0.3) is 0 Å². The van der Waals surface area contributed by atoms with Crippen LogP contribution in [0.2, 0.25) is 0 Å². The Balaban J connectivity index is 2.20. The third-order valence-electron chi connectivity index (χ3n) is 1.79. The number of hydrogen-bond acceptors (Lipinski definition) is 3. The van der Waals surface area contributed by atoms with Gasteiger partial charge < -0.3 is 15.5 Å². The van der Waals surface area contributed by atoms with Gasteiger partial charge in [0.15, 0.2) is 0 Å². The summed E-state index contributed by atoms with van der Waals surface area (Å²) in [6.07, 6.45) is 0.910. The molecule has 9 heavy (non-hydrogen) atoms. The molecule has 1 heterocycles. The number of aliphatic hydroxyl groups excluding tert-OH is 2. The van der Waals surface area contributed by atoms with E-state index in [1.165, 1.54) is 0 Å². The van der Waals surface area contributed by atoms with Crippen molar-refractivity contribution in [2.75, 3.05) is 19.8 Å². The Labute approximate surface area is 54.7 Å². The zero-order chi connectivity index (χ0) is 6.69. The normalized spacial score (nSPS) is 35.3. The number of nitrogens with one attached hydrogen (secondary N) is 1. The quantitative estimate of drug-likeness (QED) is 0.448. The minimum absolute atomic E-state index is 0.191. The molecule has 0 spiro atoms. The topological polar surface area (TPSA) is 52.5 Å². The second-order valence-corrected chi connectivity index (χ2v) is 2.57. The standard InChI is InChI=1S/C6H13NO2/c8-3-5-1-6(4-9)7-2-5/h5-9H,1-4H2/t5-,6+/m1/s1. The van der Waals surface area contributed by atoms with Crippen molar-refractivity contribution in [3.63, 3.8) is 0 Å². The monoisotopic (exact) mass is 131 g/mol. The molecule has 0 unspecified atom stereocenters. The van der Waals surface area contributed by atoms with E-state index >= 15 is 0 Å². The summed E-state index contributed by atoms with van der Waals surface area (Å²) in [5, 5.41) is 20.4. The van der Waals surface area contributed by atoms with Crippen molar-refractivity contribution < 1.29 is 10.2 Å². The van der Waals surface area contributed by atoms with Crippen molar-refractivity contribution in [3.8, 4) is 0 Å². The smallest absolute Gasteiger partial charge is 0.0584 e. The average Bonchev–Trinajstić information content (AvgIpc) is 2.34. The molecule has 0 bridgehead atoms. The molecule has 3 nitrogen and oxygen atoms in total. The molecule has 3 N–H and O–H groups in total. The first-order valence-electron chi connectivity index (χ1n) is 3.32. The van der Waals surface area contributed by atoms with Crippen molar-refractivity contribution in [2.45, 2.75) is 12.5 Å². The van der Waals surface area contributed by atoms with Gasteiger partial charge in [-0.1, -0.05) is 0 Å². The van der Waals surface area contributed by atoms with Crippen LogP contribution in [0, 0.1) is 5.92 Å². The zero-order valence-electron chi connectivity index (χ0n) is 5.38. The summed E-state index contributed by atoms with van der Waals surface area (Å²) in [5.74, 6) is 0.363. The van der Waals surface area contributed by atoms with Crippen LogP contribution in [-0.2, 0) is 0 Å². The summed E-state index contributed by atoms with van der Waals surface area (Å²) in [7, 11) is 0. The van der Waals surface area contributed by atoms with Crippen LogP contribution < -0.4 is 5.32 Å². The van der Waals surface area contributed by atoms with Gasteiger partial charge in [0, 0.05) is 19.2 Å². The van der Waals surface area contributed by atoms with Gasteiger partial charge in [-0.3, -0.25) is 0 Å². The van der Waals surface area contributed by atoms with Crippen molar-refractivity contribution in [1.82, 2.24) is 5.32 Å². The first-order chi connectivity index (χ1) is 4.36. The van der Waals surface area contributed by atoms with Crippen LogP contribution in [0.5, 0.6) is 0 Å². The second kappa shape index (κ2) is 3.15. The Morgan fingerprint density at radius 2 is 2.11 bits per heavy atom. The van der Waals surface area contributed by atoms with Crippen molar-refractivity contribution in [3.05, 3.63) is 0 Å². The molecule has 3 heteroatoms. The minimum atomic E-state index is 0.191. The molecular weight excluding hydrogens is 118 g/mol. The van der Waals surface area contributed by atoms with Gasteiger partial charge in [-0.25, -0.2) is 0 Å². The summed E-state index contributed by atoms with van der Waals surface area (Å²) in [5.41, 5.74) is 0. The lowest BCUT2D eigenvalue weighted by atomic mass is 10.1. The van der Waals surface area contributed by atoms with E-state index in [1.54, 1.807) is 0 Å². The molecule has 0 saturated carbocycles. The molecule has 0 aromatic carbocycles. The van der Waals surface area contributed by atoms with Crippen molar-refractivity contribution in [1.29, 1.82) is 0 Å².